The Morgan fingerprint density at radius 2 is 1.96 bits per heavy atom. The van der Waals surface area contributed by atoms with Crippen LogP contribution in [0.3, 0.4) is 0 Å². The molecular weight excluding hydrogens is 347 g/mol. The van der Waals surface area contributed by atoms with Crippen molar-refractivity contribution in [1.29, 1.82) is 0 Å². The molecule has 0 aliphatic carbocycles. The standard InChI is InChI=1S/C17H22F3N5O/c1-24-11-8-21-15(24)14(26)12-4-9-25(10-5-12)16-22-7-3-13(23-16)2-6-17(18,19)20/h3,7-8,11-12,14,26H,2,4-6,9-10H2,1H3. The first-order valence-corrected chi connectivity index (χ1v) is 8.62. The van der Waals surface area contributed by atoms with Gasteiger partial charge in [0.15, 0.2) is 0 Å². The molecule has 3 rings (SSSR count). The van der Waals surface area contributed by atoms with Crippen LogP contribution in [0.15, 0.2) is 24.7 Å². The topological polar surface area (TPSA) is 67.1 Å². The molecule has 6 nitrogen and oxygen atoms in total. The lowest BCUT2D eigenvalue weighted by Gasteiger charge is -2.34. The van der Waals surface area contributed by atoms with Gasteiger partial charge in [-0.25, -0.2) is 15.0 Å². The summed E-state index contributed by atoms with van der Waals surface area (Å²) >= 11 is 0. The predicted octanol–water partition coefficient (Wildman–Crippen LogP) is 2.66. The van der Waals surface area contributed by atoms with Gasteiger partial charge in [-0.3, -0.25) is 0 Å². The maximum Gasteiger partial charge on any atom is 0.389 e. The van der Waals surface area contributed by atoms with Crippen molar-refractivity contribution in [2.45, 2.75) is 38.0 Å². The van der Waals surface area contributed by atoms with Gasteiger partial charge in [0.2, 0.25) is 5.95 Å². The van der Waals surface area contributed by atoms with Crippen molar-refractivity contribution < 1.29 is 18.3 Å². The van der Waals surface area contributed by atoms with E-state index in [-0.39, 0.29) is 12.3 Å². The summed E-state index contributed by atoms with van der Waals surface area (Å²) < 4.78 is 38.9. The lowest BCUT2D eigenvalue weighted by Crippen LogP contribution is -2.37. The van der Waals surface area contributed by atoms with Crippen LogP contribution in [0.5, 0.6) is 0 Å². The van der Waals surface area contributed by atoms with Gasteiger partial charge in [0.05, 0.1) is 0 Å². The Morgan fingerprint density at radius 3 is 2.58 bits per heavy atom. The number of aliphatic hydroxyl groups is 1. The van der Waals surface area contributed by atoms with Crippen molar-refractivity contribution in [2.75, 3.05) is 18.0 Å². The van der Waals surface area contributed by atoms with Crippen LogP contribution in [0.4, 0.5) is 19.1 Å². The monoisotopic (exact) mass is 369 g/mol. The SMILES string of the molecule is Cn1ccnc1C(O)C1CCN(c2nccc(CCC(F)(F)F)n2)CC1. The minimum absolute atomic E-state index is 0.0840. The van der Waals surface area contributed by atoms with E-state index in [0.717, 1.165) is 12.8 Å². The Hall–Kier alpha value is -2.16. The van der Waals surface area contributed by atoms with Gasteiger partial charge >= 0.3 is 6.18 Å². The molecule has 3 heterocycles. The number of alkyl halides is 3. The molecule has 0 saturated carbocycles. The van der Waals surface area contributed by atoms with Gasteiger partial charge < -0.3 is 14.6 Å². The lowest BCUT2D eigenvalue weighted by atomic mass is 9.91. The molecule has 9 heteroatoms. The van der Waals surface area contributed by atoms with Crippen LogP contribution < -0.4 is 4.90 Å². The van der Waals surface area contributed by atoms with Crippen LogP contribution in [-0.2, 0) is 13.5 Å². The number of hydrogen-bond acceptors (Lipinski definition) is 5. The molecule has 1 saturated heterocycles. The minimum atomic E-state index is -4.19. The number of aliphatic hydroxyl groups excluding tert-OH is 1. The summed E-state index contributed by atoms with van der Waals surface area (Å²) in [6, 6.07) is 1.52. The number of anilines is 1. The van der Waals surface area contributed by atoms with Gasteiger partial charge in [-0.2, -0.15) is 13.2 Å². The zero-order valence-electron chi connectivity index (χ0n) is 14.5. The van der Waals surface area contributed by atoms with Gasteiger partial charge in [0.25, 0.3) is 0 Å². The van der Waals surface area contributed by atoms with Crippen molar-refractivity contribution in [2.24, 2.45) is 13.0 Å². The van der Waals surface area contributed by atoms with E-state index in [4.69, 9.17) is 0 Å². The first-order valence-electron chi connectivity index (χ1n) is 8.62. The van der Waals surface area contributed by atoms with Gasteiger partial charge in [-0.15, -0.1) is 0 Å². The van der Waals surface area contributed by atoms with E-state index in [1.54, 1.807) is 12.4 Å². The third kappa shape index (κ3) is 4.51. The van der Waals surface area contributed by atoms with E-state index < -0.39 is 18.7 Å². The molecule has 0 aromatic carbocycles. The number of aromatic nitrogens is 4. The molecule has 1 N–H and O–H groups in total. The predicted molar refractivity (Wildman–Crippen MR) is 89.5 cm³/mol. The molecule has 142 valence electrons. The van der Waals surface area contributed by atoms with E-state index in [2.05, 4.69) is 15.0 Å². The van der Waals surface area contributed by atoms with Gasteiger partial charge in [-0.1, -0.05) is 0 Å². The molecule has 1 fully saturated rings. The molecule has 0 amide bonds. The van der Waals surface area contributed by atoms with Gasteiger partial charge in [0, 0.05) is 50.8 Å². The average Bonchev–Trinajstić information content (AvgIpc) is 3.05. The fraction of sp³-hybridized carbons (Fsp3) is 0.588. The molecule has 1 atom stereocenters. The number of piperidine rings is 1. The van der Waals surface area contributed by atoms with Crippen LogP contribution in [0.25, 0.3) is 0 Å². The summed E-state index contributed by atoms with van der Waals surface area (Å²) in [5.74, 6) is 1.18. The Morgan fingerprint density at radius 1 is 1.23 bits per heavy atom. The van der Waals surface area contributed by atoms with Gasteiger partial charge in [-0.05, 0) is 31.2 Å². The molecule has 1 unspecified atom stereocenters. The van der Waals surface area contributed by atoms with Crippen molar-refractivity contribution in [3.63, 3.8) is 0 Å². The second-order valence-corrected chi connectivity index (χ2v) is 6.63. The number of hydrogen-bond donors (Lipinski definition) is 1. The van der Waals surface area contributed by atoms with Crippen molar-refractivity contribution in [3.8, 4) is 0 Å². The normalized spacial score (nSPS) is 17.5. The first kappa shape index (κ1) is 18.6. The molecular formula is C17H22F3N5O. The highest BCUT2D eigenvalue weighted by atomic mass is 19.4. The number of halogens is 3. The van der Waals surface area contributed by atoms with Crippen molar-refractivity contribution in [1.82, 2.24) is 19.5 Å². The fourth-order valence-corrected chi connectivity index (χ4v) is 3.23. The molecule has 26 heavy (non-hydrogen) atoms. The summed E-state index contributed by atoms with van der Waals surface area (Å²) in [5.41, 5.74) is 0.391. The van der Waals surface area contributed by atoms with Crippen LogP contribution in [0, 0.1) is 5.92 Å². The van der Waals surface area contributed by atoms with Crippen LogP contribution in [0.2, 0.25) is 0 Å². The summed E-state index contributed by atoms with van der Waals surface area (Å²) in [6.45, 7) is 1.30. The highest BCUT2D eigenvalue weighted by Gasteiger charge is 2.30. The molecule has 2 aromatic rings. The summed E-state index contributed by atoms with van der Waals surface area (Å²) in [4.78, 5) is 14.6. The molecule has 0 spiro atoms. The number of imidazole rings is 1. The Kier molecular flexibility index (Phi) is 5.45. The summed E-state index contributed by atoms with van der Waals surface area (Å²) in [7, 11) is 1.85. The van der Waals surface area contributed by atoms with Crippen molar-refractivity contribution >= 4 is 5.95 Å². The lowest BCUT2D eigenvalue weighted by molar-refractivity contribution is -0.134. The van der Waals surface area contributed by atoms with Crippen LogP contribution >= 0.6 is 0 Å². The molecule has 2 aromatic heterocycles. The highest BCUT2D eigenvalue weighted by Crippen LogP contribution is 2.31. The van der Waals surface area contributed by atoms with E-state index in [1.807, 2.05) is 16.5 Å². The van der Waals surface area contributed by atoms with E-state index in [1.165, 1.54) is 12.3 Å². The van der Waals surface area contributed by atoms with E-state index >= 15 is 0 Å². The second-order valence-electron chi connectivity index (χ2n) is 6.63. The zero-order valence-corrected chi connectivity index (χ0v) is 14.5. The Labute approximate surface area is 149 Å². The second kappa shape index (κ2) is 7.61. The van der Waals surface area contributed by atoms with Gasteiger partial charge in [0.1, 0.15) is 11.9 Å². The molecule has 1 aliphatic rings. The summed E-state index contributed by atoms with van der Waals surface area (Å²) in [5, 5.41) is 10.5. The third-order valence-electron chi connectivity index (χ3n) is 4.76. The Bertz CT molecular complexity index is 725. The van der Waals surface area contributed by atoms with E-state index in [0.29, 0.717) is 30.6 Å². The first-order chi connectivity index (χ1) is 12.3. The summed E-state index contributed by atoms with van der Waals surface area (Å²) in [6.07, 6.45) is 0.592. The van der Waals surface area contributed by atoms with E-state index in [9.17, 15) is 18.3 Å². The zero-order chi connectivity index (χ0) is 18.7. The maximum atomic E-state index is 12.4. The minimum Gasteiger partial charge on any atom is -0.385 e. The number of nitrogens with zero attached hydrogens (tertiary/aromatic N) is 5. The highest BCUT2D eigenvalue weighted by molar-refractivity contribution is 5.31. The third-order valence-corrected chi connectivity index (χ3v) is 4.76. The van der Waals surface area contributed by atoms with Crippen LogP contribution in [-0.4, -0.2) is 43.9 Å². The number of rotatable bonds is 5. The molecule has 0 radical (unpaired) electrons. The van der Waals surface area contributed by atoms with Crippen LogP contribution in [0.1, 0.15) is 36.9 Å². The Balaban J connectivity index is 1.59. The number of aryl methyl sites for hydroxylation is 2. The maximum absolute atomic E-state index is 12.4. The average molecular weight is 369 g/mol. The molecule has 0 bridgehead atoms. The smallest absolute Gasteiger partial charge is 0.385 e. The largest absolute Gasteiger partial charge is 0.389 e. The van der Waals surface area contributed by atoms with Crippen molar-refractivity contribution in [3.05, 3.63) is 36.2 Å². The molecule has 1 aliphatic heterocycles. The fourth-order valence-electron chi connectivity index (χ4n) is 3.23. The quantitative estimate of drug-likeness (QED) is 0.878.